The van der Waals surface area contributed by atoms with Gasteiger partial charge in [0.2, 0.25) is 11.9 Å². The summed E-state index contributed by atoms with van der Waals surface area (Å²) in [7, 11) is -3.90. The second-order valence-corrected chi connectivity index (χ2v) is 8.68. The van der Waals surface area contributed by atoms with Gasteiger partial charge in [0.15, 0.2) is 0 Å². The molecule has 2 heterocycles. The monoisotopic (exact) mass is 459 g/mol. The molecule has 0 radical (unpaired) electrons. The van der Waals surface area contributed by atoms with Crippen LogP contribution in [0.5, 0.6) is 0 Å². The van der Waals surface area contributed by atoms with E-state index in [1.54, 1.807) is 26.8 Å². The number of sulfonamides is 1. The molecule has 0 atom stereocenters. The third-order valence-corrected chi connectivity index (χ3v) is 5.83. The fraction of sp³-hybridized carbons (Fsp3) is 0.263. The van der Waals surface area contributed by atoms with Crippen molar-refractivity contribution in [3.63, 3.8) is 0 Å². The summed E-state index contributed by atoms with van der Waals surface area (Å²) in [5.41, 5.74) is 1.92. The second-order valence-electron chi connectivity index (χ2n) is 7.00. The van der Waals surface area contributed by atoms with Gasteiger partial charge in [-0.15, -0.1) is 0 Å². The van der Waals surface area contributed by atoms with E-state index in [4.69, 9.17) is 0 Å². The molecular formula is C19H21N7O5S. The highest BCUT2D eigenvalue weighted by Gasteiger charge is 2.18. The number of anilines is 2. The summed E-state index contributed by atoms with van der Waals surface area (Å²) in [6, 6.07) is 7.34. The third kappa shape index (κ3) is 5.43. The Hall–Kier alpha value is -3.87. The second kappa shape index (κ2) is 9.09. The normalized spacial score (nSPS) is 11.2. The van der Waals surface area contributed by atoms with E-state index in [1.165, 1.54) is 28.9 Å². The lowest BCUT2D eigenvalue weighted by molar-refractivity contribution is -0.385. The predicted molar refractivity (Wildman–Crippen MR) is 116 cm³/mol. The SMILES string of the molecule is Cc1cc(C)nc(NS(=O)(=O)c2ccc(NC(=O)CCn3ncc([N+](=O)[O-])c3C)cc2)n1. The molecule has 12 nitrogen and oxygen atoms in total. The van der Waals surface area contributed by atoms with E-state index in [9.17, 15) is 23.3 Å². The highest BCUT2D eigenvalue weighted by atomic mass is 32.2. The number of hydrogen-bond donors (Lipinski definition) is 2. The molecule has 168 valence electrons. The Morgan fingerprint density at radius 3 is 2.31 bits per heavy atom. The largest absolute Gasteiger partial charge is 0.326 e. The summed E-state index contributed by atoms with van der Waals surface area (Å²) in [4.78, 5) is 30.6. The lowest BCUT2D eigenvalue weighted by Crippen LogP contribution is -2.17. The molecule has 0 spiro atoms. The van der Waals surface area contributed by atoms with Gasteiger partial charge in [-0.1, -0.05) is 0 Å². The van der Waals surface area contributed by atoms with Crippen molar-refractivity contribution >= 4 is 33.3 Å². The number of nitro groups is 1. The Morgan fingerprint density at radius 2 is 1.75 bits per heavy atom. The van der Waals surface area contributed by atoms with Gasteiger partial charge in [-0.25, -0.2) is 23.1 Å². The van der Waals surface area contributed by atoms with Gasteiger partial charge in [0, 0.05) is 23.5 Å². The van der Waals surface area contributed by atoms with Crippen LogP contribution in [0.25, 0.3) is 0 Å². The Bertz CT molecular complexity index is 1250. The summed E-state index contributed by atoms with van der Waals surface area (Å²) in [6.07, 6.45) is 1.18. The van der Waals surface area contributed by atoms with Crippen LogP contribution < -0.4 is 10.0 Å². The van der Waals surface area contributed by atoms with Crippen LogP contribution in [0, 0.1) is 30.9 Å². The molecule has 2 N–H and O–H groups in total. The Kier molecular flexibility index (Phi) is 6.48. The first kappa shape index (κ1) is 22.8. The molecule has 1 aromatic carbocycles. The summed E-state index contributed by atoms with van der Waals surface area (Å²) < 4.78 is 28.8. The first-order valence-electron chi connectivity index (χ1n) is 9.47. The van der Waals surface area contributed by atoms with Crippen LogP contribution in [-0.4, -0.2) is 39.0 Å². The molecule has 0 aliphatic heterocycles. The minimum atomic E-state index is -3.90. The number of nitrogens with zero attached hydrogens (tertiary/aromatic N) is 5. The first-order valence-corrected chi connectivity index (χ1v) is 11.0. The fourth-order valence-electron chi connectivity index (χ4n) is 2.94. The van der Waals surface area contributed by atoms with Crippen LogP contribution in [0.3, 0.4) is 0 Å². The maximum atomic E-state index is 12.6. The summed E-state index contributed by atoms with van der Waals surface area (Å²) in [5.74, 6) is -0.367. The van der Waals surface area contributed by atoms with Crippen molar-refractivity contribution in [1.82, 2.24) is 19.7 Å². The molecule has 0 aliphatic carbocycles. The van der Waals surface area contributed by atoms with Gasteiger partial charge in [0.05, 0.1) is 16.4 Å². The molecule has 1 amide bonds. The van der Waals surface area contributed by atoms with Crippen LogP contribution in [0.2, 0.25) is 0 Å². The highest BCUT2D eigenvalue weighted by molar-refractivity contribution is 7.92. The molecule has 13 heteroatoms. The number of rotatable bonds is 8. The van der Waals surface area contributed by atoms with Gasteiger partial charge in [0.25, 0.3) is 10.0 Å². The number of carbonyl (C=O) groups excluding carboxylic acids is 1. The van der Waals surface area contributed by atoms with Gasteiger partial charge in [-0.05, 0) is 51.1 Å². The lowest BCUT2D eigenvalue weighted by atomic mass is 10.3. The molecule has 2 aromatic heterocycles. The first-order chi connectivity index (χ1) is 15.0. The minimum Gasteiger partial charge on any atom is -0.326 e. The van der Waals surface area contributed by atoms with Crippen molar-refractivity contribution in [3.05, 3.63) is 63.7 Å². The third-order valence-electron chi connectivity index (χ3n) is 4.48. The van der Waals surface area contributed by atoms with E-state index in [-0.39, 0.29) is 35.4 Å². The molecule has 3 aromatic rings. The van der Waals surface area contributed by atoms with E-state index in [1.807, 2.05) is 0 Å². The average molecular weight is 459 g/mol. The van der Waals surface area contributed by atoms with Gasteiger partial charge in [-0.3, -0.25) is 19.6 Å². The van der Waals surface area contributed by atoms with Crippen LogP contribution >= 0.6 is 0 Å². The van der Waals surface area contributed by atoms with E-state index in [2.05, 4.69) is 25.1 Å². The van der Waals surface area contributed by atoms with Crippen LogP contribution in [-0.2, 0) is 21.4 Å². The molecule has 0 fully saturated rings. The average Bonchev–Trinajstić information content (AvgIpc) is 3.06. The van der Waals surface area contributed by atoms with Crippen LogP contribution in [0.15, 0.2) is 41.4 Å². The predicted octanol–water partition coefficient (Wildman–Crippen LogP) is 2.34. The van der Waals surface area contributed by atoms with Crippen molar-refractivity contribution in [2.75, 3.05) is 10.0 Å². The summed E-state index contributed by atoms with van der Waals surface area (Å²) >= 11 is 0. The smallest absolute Gasteiger partial charge is 0.309 e. The van der Waals surface area contributed by atoms with Gasteiger partial charge < -0.3 is 5.32 Å². The van der Waals surface area contributed by atoms with Crippen LogP contribution in [0.4, 0.5) is 17.3 Å². The van der Waals surface area contributed by atoms with Gasteiger partial charge in [0.1, 0.15) is 11.9 Å². The number of aromatic nitrogens is 4. The lowest BCUT2D eigenvalue weighted by Gasteiger charge is -2.10. The number of benzene rings is 1. The van der Waals surface area contributed by atoms with Gasteiger partial charge in [-0.2, -0.15) is 5.10 Å². The highest BCUT2D eigenvalue weighted by Crippen LogP contribution is 2.18. The van der Waals surface area contributed by atoms with Crippen molar-refractivity contribution in [2.45, 2.75) is 38.6 Å². The maximum Gasteiger partial charge on any atom is 0.309 e. The number of carbonyl (C=O) groups is 1. The Labute approximate surface area is 183 Å². The zero-order valence-corrected chi connectivity index (χ0v) is 18.4. The van der Waals surface area contributed by atoms with Crippen molar-refractivity contribution in [1.29, 1.82) is 0 Å². The van der Waals surface area contributed by atoms with E-state index in [0.717, 1.165) is 6.20 Å². The number of aryl methyl sites for hydroxylation is 3. The molecule has 0 aliphatic rings. The standard InChI is InChI=1S/C19H21N7O5S/c1-12-10-13(2)22-19(21-12)24-32(30,31)16-6-4-15(5-7-16)23-18(27)8-9-25-14(3)17(11-20-25)26(28)29/h4-7,10-11H,8-9H2,1-3H3,(H,23,27)(H,21,22,24). The van der Waals surface area contributed by atoms with E-state index >= 15 is 0 Å². The van der Waals surface area contributed by atoms with E-state index < -0.39 is 14.9 Å². The molecular weight excluding hydrogens is 438 g/mol. The maximum absolute atomic E-state index is 12.6. The number of amides is 1. The van der Waals surface area contributed by atoms with Gasteiger partial charge >= 0.3 is 5.69 Å². The molecule has 0 bridgehead atoms. The molecule has 0 saturated carbocycles. The zero-order chi connectivity index (χ0) is 23.5. The van der Waals surface area contributed by atoms with Crippen molar-refractivity contribution < 1.29 is 18.1 Å². The summed E-state index contributed by atoms with van der Waals surface area (Å²) in [5, 5.41) is 17.4. The van der Waals surface area contributed by atoms with Crippen molar-refractivity contribution in [3.8, 4) is 0 Å². The quantitative estimate of drug-likeness (QED) is 0.383. The molecule has 32 heavy (non-hydrogen) atoms. The minimum absolute atomic E-state index is 0.0160. The molecule has 0 unspecified atom stereocenters. The summed E-state index contributed by atoms with van der Waals surface area (Å²) in [6.45, 7) is 5.19. The number of nitrogens with one attached hydrogen (secondary N) is 2. The number of hydrogen-bond acceptors (Lipinski definition) is 8. The Morgan fingerprint density at radius 1 is 1.12 bits per heavy atom. The van der Waals surface area contributed by atoms with Crippen LogP contribution in [0.1, 0.15) is 23.5 Å². The fourth-order valence-corrected chi connectivity index (χ4v) is 3.88. The topological polar surface area (TPSA) is 162 Å². The van der Waals surface area contributed by atoms with Crippen molar-refractivity contribution in [2.24, 2.45) is 0 Å². The van der Waals surface area contributed by atoms with E-state index in [0.29, 0.717) is 22.8 Å². The molecule has 3 rings (SSSR count). The Balaban J connectivity index is 1.61. The molecule has 0 saturated heterocycles. The zero-order valence-electron chi connectivity index (χ0n) is 17.6.